The molecule has 0 fully saturated rings. The maximum Gasteiger partial charge on any atom is 0.328 e. The number of nitrogens with one attached hydrogen (secondary N) is 1. The van der Waals surface area contributed by atoms with Crippen molar-refractivity contribution >= 4 is 11.9 Å². The van der Waals surface area contributed by atoms with Gasteiger partial charge in [0.25, 0.3) is 0 Å². The van der Waals surface area contributed by atoms with Crippen LogP contribution in [0.25, 0.3) is 0 Å². The second-order valence-electron chi connectivity index (χ2n) is 6.37. The molecule has 0 radical (unpaired) electrons. The highest BCUT2D eigenvalue weighted by Gasteiger charge is 2.15. The molecule has 0 aliphatic heterocycles. The molecule has 0 spiro atoms. The van der Waals surface area contributed by atoms with Crippen molar-refractivity contribution < 1.29 is 14.3 Å². The minimum Gasteiger partial charge on any atom is -0.464 e. The molecule has 4 heteroatoms. The summed E-state index contributed by atoms with van der Waals surface area (Å²) in [6.45, 7) is 5.89. The summed E-state index contributed by atoms with van der Waals surface area (Å²) in [4.78, 5) is 23.2. The van der Waals surface area contributed by atoms with E-state index >= 15 is 0 Å². The molecule has 0 aliphatic rings. The SMILES string of the molecule is CCCCC#CC#CCCCCCCCCC(=O)N[C@@H](C)C(=O)OCC. The Hall–Kier alpha value is -1.94. The number of ether oxygens (including phenoxy) is 1. The largest absolute Gasteiger partial charge is 0.464 e. The Labute approximate surface area is 159 Å². The lowest BCUT2D eigenvalue weighted by atomic mass is 10.1. The van der Waals surface area contributed by atoms with Gasteiger partial charge in [0.15, 0.2) is 0 Å². The lowest BCUT2D eigenvalue weighted by Crippen LogP contribution is -2.39. The minimum absolute atomic E-state index is 0.0825. The van der Waals surface area contributed by atoms with Gasteiger partial charge in [-0.3, -0.25) is 4.79 Å². The molecule has 1 atom stereocenters. The molecule has 0 aromatic carbocycles. The Balaban J connectivity index is 3.50. The van der Waals surface area contributed by atoms with E-state index in [9.17, 15) is 9.59 Å². The molecule has 0 aromatic rings. The van der Waals surface area contributed by atoms with Gasteiger partial charge in [0.1, 0.15) is 6.04 Å². The molecule has 0 saturated carbocycles. The van der Waals surface area contributed by atoms with Crippen LogP contribution in [-0.2, 0) is 14.3 Å². The molecule has 0 aromatic heterocycles. The van der Waals surface area contributed by atoms with Gasteiger partial charge in [-0.1, -0.05) is 50.9 Å². The molecule has 146 valence electrons. The highest BCUT2D eigenvalue weighted by molar-refractivity contribution is 5.84. The summed E-state index contributed by atoms with van der Waals surface area (Å²) in [6, 6.07) is -0.570. The van der Waals surface area contributed by atoms with E-state index in [0.29, 0.717) is 13.0 Å². The highest BCUT2D eigenvalue weighted by atomic mass is 16.5. The summed E-state index contributed by atoms with van der Waals surface area (Å²) < 4.78 is 4.86. The maximum atomic E-state index is 11.7. The van der Waals surface area contributed by atoms with Crippen LogP contribution in [-0.4, -0.2) is 24.5 Å². The van der Waals surface area contributed by atoms with E-state index in [1.54, 1.807) is 13.8 Å². The quantitative estimate of drug-likeness (QED) is 0.301. The Bertz CT molecular complexity index is 505. The smallest absolute Gasteiger partial charge is 0.328 e. The average Bonchev–Trinajstić information content (AvgIpc) is 2.62. The number of esters is 1. The Morgan fingerprint density at radius 3 is 2.08 bits per heavy atom. The van der Waals surface area contributed by atoms with E-state index in [0.717, 1.165) is 44.9 Å². The minimum atomic E-state index is -0.570. The van der Waals surface area contributed by atoms with E-state index in [4.69, 9.17) is 4.74 Å². The number of rotatable bonds is 13. The van der Waals surface area contributed by atoms with Crippen LogP contribution >= 0.6 is 0 Å². The van der Waals surface area contributed by atoms with Crippen LogP contribution in [0.5, 0.6) is 0 Å². The second-order valence-corrected chi connectivity index (χ2v) is 6.37. The van der Waals surface area contributed by atoms with Crippen molar-refractivity contribution in [3.8, 4) is 23.7 Å². The predicted octanol–water partition coefficient (Wildman–Crippen LogP) is 4.37. The molecule has 0 heterocycles. The first kappa shape index (κ1) is 24.1. The van der Waals surface area contributed by atoms with Crippen LogP contribution in [0.15, 0.2) is 0 Å². The number of amides is 1. The van der Waals surface area contributed by atoms with Crippen molar-refractivity contribution in [3.05, 3.63) is 0 Å². The molecule has 4 nitrogen and oxygen atoms in total. The molecule has 26 heavy (non-hydrogen) atoms. The molecule has 0 unspecified atom stereocenters. The normalized spacial score (nSPS) is 10.7. The molecule has 1 N–H and O–H groups in total. The zero-order valence-electron chi connectivity index (χ0n) is 16.8. The highest BCUT2D eigenvalue weighted by Crippen LogP contribution is 2.08. The standard InChI is InChI=1S/C22H35NO3/c1-4-6-7-8-9-10-11-12-13-14-15-16-17-18-19-21(24)23-20(3)22(25)26-5-2/h20H,4-7,12-19H2,1-3H3,(H,23,24)/t20-/m0/s1. The molecule has 0 bridgehead atoms. The van der Waals surface area contributed by atoms with E-state index in [-0.39, 0.29) is 11.9 Å². The first-order valence-corrected chi connectivity index (χ1v) is 10.0. The van der Waals surface area contributed by atoms with Crippen LogP contribution < -0.4 is 5.32 Å². The first-order valence-electron chi connectivity index (χ1n) is 10.0. The topological polar surface area (TPSA) is 55.4 Å². The maximum absolute atomic E-state index is 11.7. The average molecular weight is 362 g/mol. The molecule has 0 rings (SSSR count). The summed E-state index contributed by atoms with van der Waals surface area (Å²) >= 11 is 0. The summed E-state index contributed by atoms with van der Waals surface area (Å²) in [6.07, 6.45) is 11.1. The molecule has 1 amide bonds. The molecular formula is C22H35NO3. The third kappa shape index (κ3) is 15.6. The van der Waals surface area contributed by atoms with Gasteiger partial charge < -0.3 is 10.1 Å². The van der Waals surface area contributed by atoms with Crippen LogP contribution in [0.2, 0.25) is 0 Å². The van der Waals surface area contributed by atoms with Gasteiger partial charge in [0, 0.05) is 19.3 Å². The van der Waals surface area contributed by atoms with Gasteiger partial charge in [-0.15, -0.1) is 0 Å². The molecular weight excluding hydrogens is 326 g/mol. The zero-order valence-corrected chi connectivity index (χ0v) is 16.8. The lowest BCUT2D eigenvalue weighted by molar-refractivity contribution is -0.146. The van der Waals surface area contributed by atoms with Crippen molar-refractivity contribution in [2.75, 3.05) is 6.61 Å². The Morgan fingerprint density at radius 2 is 1.46 bits per heavy atom. The zero-order chi connectivity index (χ0) is 19.5. The van der Waals surface area contributed by atoms with Gasteiger partial charge in [0.2, 0.25) is 5.91 Å². The third-order valence-electron chi connectivity index (χ3n) is 3.87. The fourth-order valence-corrected chi connectivity index (χ4v) is 2.32. The van der Waals surface area contributed by atoms with Gasteiger partial charge in [0.05, 0.1) is 6.61 Å². The number of unbranched alkanes of at least 4 members (excludes halogenated alkanes) is 8. The second kappa shape index (κ2) is 17.9. The van der Waals surface area contributed by atoms with E-state index in [1.165, 1.54) is 19.3 Å². The van der Waals surface area contributed by atoms with E-state index in [2.05, 4.69) is 35.9 Å². The summed E-state index contributed by atoms with van der Waals surface area (Å²) in [5.41, 5.74) is 0. The van der Waals surface area contributed by atoms with Gasteiger partial charge in [-0.2, -0.15) is 0 Å². The van der Waals surface area contributed by atoms with Crippen LogP contribution in [0, 0.1) is 23.7 Å². The van der Waals surface area contributed by atoms with Crippen molar-refractivity contribution in [1.82, 2.24) is 5.32 Å². The van der Waals surface area contributed by atoms with Crippen LogP contribution in [0.1, 0.15) is 91.4 Å². The molecule has 0 saturated heterocycles. The molecule has 0 aliphatic carbocycles. The summed E-state index contributed by atoms with van der Waals surface area (Å²) in [5, 5.41) is 2.67. The predicted molar refractivity (Wildman–Crippen MR) is 106 cm³/mol. The van der Waals surface area contributed by atoms with E-state index in [1.807, 2.05) is 0 Å². The number of carbonyl (C=O) groups is 2. The van der Waals surface area contributed by atoms with Crippen molar-refractivity contribution in [1.29, 1.82) is 0 Å². The van der Waals surface area contributed by atoms with Crippen molar-refractivity contribution in [2.24, 2.45) is 0 Å². The Kier molecular flexibility index (Phi) is 16.5. The first-order chi connectivity index (χ1) is 12.6. The van der Waals surface area contributed by atoms with E-state index < -0.39 is 6.04 Å². The fraction of sp³-hybridized carbons (Fsp3) is 0.727. The third-order valence-corrected chi connectivity index (χ3v) is 3.87. The van der Waals surface area contributed by atoms with Crippen molar-refractivity contribution in [2.45, 2.75) is 97.4 Å². The van der Waals surface area contributed by atoms with Gasteiger partial charge >= 0.3 is 5.97 Å². The summed E-state index contributed by atoms with van der Waals surface area (Å²) in [5.74, 6) is 11.5. The fourth-order valence-electron chi connectivity index (χ4n) is 2.32. The number of hydrogen-bond acceptors (Lipinski definition) is 3. The Morgan fingerprint density at radius 1 is 0.885 bits per heavy atom. The van der Waals surface area contributed by atoms with Crippen molar-refractivity contribution in [3.63, 3.8) is 0 Å². The number of hydrogen-bond donors (Lipinski definition) is 1. The monoisotopic (exact) mass is 361 g/mol. The summed E-state index contributed by atoms with van der Waals surface area (Å²) in [7, 11) is 0. The van der Waals surface area contributed by atoms with Crippen LogP contribution in [0.4, 0.5) is 0 Å². The lowest BCUT2D eigenvalue weighted by Gasteiger charge is -2.12. The van der Waals surface area contributed by atoms with Crippen LogP contribution in [0.3, 0.4) is 0 Å². The van der Waals surface area contributed by atoms with Gasteiger partial charge in [-0.05, 0) is 45.0 Å². The van der Waals surface area contributed by atoms with Gasteiger partial charge in [-0.25, -0.2) is 4.79 Å². The number of carbonyl (C=O) groups excluding carboxylic acids is 2.